The molecule has 0 radical (unpaired) electrons. The normalized spacial score (nSPS) is 14.3. The zero-order chi connectivity index (χ0) is 27.2. The molecule has 2 aromatic heterocycles. The van der Waals surface area contributed by atoms with E-state index in [1.54, 1.807) is 13.2 Å². The summed E-state index contributed by atoms with van der Waals surface area (Å²) in [5.41, 5.74) is 4.39. The molecular formula is C29H33ClN6O3. The van der Waals surface area contributed by atoms with Crippen molar-refractivity contribution < 1.29 is 14.3 Å². The number of imidazole rings is 1. The molecule has 0 bridgehead atoms. The van der Waals surface area contributed by atoms with Crippen LogP contribution in [0.15, 0.2) is 54.7 Å². The highest BCUT2D eigenvalue weighted by atomic mass is 35.5. The predicted molar refractivity (Wildman–Crippen MR) is 153 cm³/mol. The van der Waals surface area contributed by atoms with E-state index < -0.39 is 0 Å². The Kier molecular flexibility index (Phi) is 8.48. The van der Waals surface area contributed by atoms with E-state index in [1.807, 2.05) is 43.3 Å². The maximum Gasteiger partial charge on any atom is 0.257 e. The Morgan fingerprint density at radius 2 is 1.77 bits per heavy atom. The summed E-state index contributed by atoms with van der Waals surface area (Å²) < 4.78 is 11.0. The van der Waals surface area contributed by atoms with E-state index in [0.29, 0.717) is 34.9 Å². The van der Waals surface area contributed by atoms with Gasteiger partial charge >= 0.3 is 0 Å². The van der Waals surface area contributed by atoms with Crippen molar-refractivity contribution in [3.63, 3.8) is 0 Å². The third kappa shape index (κ3) is 6.61. The van der Waals surface area contributed by atoms with Crippen LogP contribution in [-0.2, 0) is 11.3 Å². The summed E-state index contributed by atoms with van der Waals surface area (Å²) in [4.78, 5) is 26.4. The number of hydrogen-bond acceptors (Lipinski definition) is 7. The monoisotopic (exact) mass is 548 g/mol. The number of nitrogens with zero attached hydrogens (tertiary/aromatic N) is 3. The van der Waals surface area contributed by atoms with Gasteiger partial charge in [-0.05, 0) is 61.7 Å². The largest absolute Gasteiger partial charge is 0.494 e. The molecular weight excluding hydrogens is 516 g/mol. The summed E-state index contributed by atoms with van der Waals surface area (Å²) in [6.45, 7) is 5.57. The van der Waals surface area contributed by atoms with Crippen molar-refractivity contribution in [3.05, 3.63) is 65.3 Å². The molecule has 39 heavy (non-hydrogen) atoms. The van der Waals surface area contributed by atoms with Crippen LogP contribution in [0.1, 0.15) is 25.3 Å². The molecule has 1 aliphatic heterocycles. The number of piperidine rings is 1. The first-order valence-corrected chi connectivity index (χ1v) is 13.6. The molecule has 0 saturated carbocycles. The molecule has 1 saturated heterocycles. The molecule has 1 amide bonds. The number of fused-ring (bicyclic) bond motifs is 1. The number of pyridine rings is 1. The Morgan fingerprint density at radius 1 is 1.08 bits per heavy atom. The molecule has 0 unspecified atom stereocenters. The molecule has 9 nitrogen and oxygen atoms in total. The lowest BCUT2D eigenvalue weighted by Crippen LogP contribution is -2.38. The van der Waals surface area contributed by atoms with Gasteiger partial charge in [0.2, 0.25) is 0 Å². The SMILES string of the molecule is CCOc1ccc(CN2CCC(Nc3c(Cl)cnc4nc(-c5ccc(OCC(=O)NC)cc5)[nH]c34)CC2)cc1. The van der Waals surface area contributed by atoms with Gasteiger partial charge in [-0.15, -0.1) is 0 Å². The van der Waals surface area contributed by atoms with Crippen LogP contribution in [-0.4, -0.2) is 65.2 Å². The number of H-pyrrole nitrogens is 1. The number of likely N-dealkylation sites (tertiary alicyclic amines) is 1. The lowest BCUT2D eigenvalue weighted by molar-refractivity contribution is -0.122. The minimum atomic E-state index is -0.183. The number of halogens is 1. The molecule has 3 N–H and O–H groups in total. The van der Waals surface area contributed by atoms with Gasteiger partial charge in [0, 0.05) is 38.3 Å². The van der Waals surface area contributed by atoms with Gasteiger partial charge in [0.25, 0.3) is 5.91 Å². The maximum absolute atomic E-state index is 11.4. The van der Waals surface area contributed by atoms with Gasteiger partial charge < -0.3 is 25.1 Å². The van der Waals surface area contributed by atoms with Gasteiger partial charge in [-0.2, -0.15) is 0 Å². The van der Waals surface area contributed by atoms with Gasteiger partial charge in [-0.3, -0.25) is 9.69 Å². The number of nitrogens with one attached hydrogen (secondary N) is 3. The highest BCUT2D eigenvalue weighted by Crippen LogP contribution is 2.32. The zero-order valence-corrected chi connectivity index (χ0v) is 22.9. The van der Waals surface area contributed by atoms with Crippen LogP contribution in [0.25, 0.3) is 22.6 Å². The Morgan fingerprint density at radius 3 is 2.46 bits per heavy atom. The predicted octanol–water partition coefficient (Wildman–Crippen LogP) is 4.88. The number of carbonyl (C=O) groups excluding carboxylic acids is 1. The summed E-state index contributed by atoms with van der Waals surface area (Å²) >= 11 is 6.60. The van der Waals surface area contributed by atoms with Crippen LogP contribution in [0.3, 0.4) is 0 Å². The number of ether oxygens (including phenoxy) is 2. The number of rotatable bonds is 10. The number of amides is 1. The Hall–Kier alpha value is -3.82. The highest BCUT2D eigenvalue weighted by molar-refractivity contribution is 6.34. The van der Waals surface area contributed by atoms with E-state index in [9.17, 15) is 4.79 Å². The Labute approximate surface area is 232 Å². The molecule has 0 aliphatic carbocycles. The second kappa shape index (κ2) is 12.4. The Balaban J connectivity index is 1.22. The average Bonchev–Trinajstić information content (AvgIpc) is 3.40. The van der Waals surface area contributed by atoms with Crippen molar-refractivity contribution in [1.29, 1.82) is 0 Å². The minimum absolute atomic E-state index is 0.0293. The maximum atomic E-state index is 11.4. The first-order valence-electron chi connectivity index (χ1n) is 13.2. The van der Waals surface area contributed by atoms with E-state index in [0.717, 1.165) is 55.0 Å². The van der Waals surface area contributed by atoms with E-state index in [2.05, 4.69) is 42.6 Å². The number of carbonyl (C=O) groups is 1. The number of likely N-dealkylation sites (N-methyl/N-ethyl adjacent to an activating group) is 1. The van der Waals surface area contributed by atoms with Gasteiger partial charge in [0.15, 0.2) is 12.3 Å². The number of aromatic nitrogens is 3. The van der Waals surface area contributed by atoms with E-state index in [1.165, 1.54) is 5.56 Å². The van der Waals surface area contributed by atoms with Crippen molar-refractivity contribution >= 4 is 34.4 Å². The fourth-order valence-electron chi connectivity index (χ4n) is 4.70. The first-order chi connectivity index (χ1) is 19.0. The molecule has 3 heterocycles. The van der Waals surface area contributed by atoms with Crippen LogP contribution in [0, 0.1) is 0 Å². The molecule has 4 aromatic rings. The molecule has 1 fully saturated rings. The summed E-state index contributed by atoms with van der Waals surface area (Å²) in [6, 6.07) is 16.1. The first kappa shape index (κ1) is 26.8. The molecule has 0 spiro atoms. The third-order valence-corrected chi connectivity index (χ3v) is 7.11. The van der Waals surface area contributed by atoms with Crippen molar-refractivity contribution in [2.45, 2.75) is 32.4 Å². The van der Waals surface area contributed by atoms with Gasteiger partial charge in [0.05, 0.1) is 23.5 Å². The molecule has 204 valence electrons. The number of aromatic amines is 1. The van der Waals surface area contributed by atoms with Crippen LogP contribution >= 0.6 is 11.6 Å². The highest BCUT2D eigenvalue weighted by Gasteiger charge is 2.22. The van der Waals surface area contributed by atoms with Crippen molar-refractivity contribution in [1.82, 2.24) is 25.2 Å². The second-order valence-electron chi connectivity index (χ2n) is 9.52. The van der Waals surface area contributed by atoms with Crippen LogP contribution in [0.5, 0.6) is 11.5 Å². The molecule has 10 heteroatoms. The molecule has 2 aromatic carbocycles. The number of benzene rings is 2. The molecule has 0 atom stereocenters. The van der Waals surface area contributed by atoms with E-state index >= 15 is 0 Å². The van der Waals surface area contributed by atoms with Crippen molar-refractivity contribution in [2.24, 2.45) is 0 Å². The smallest absolute Gasteiger partial charge is 0.257 e. The number of anilines is 1. The van der Waals surface area contributed by atoms with Crippen molar-refractivity contribution in [2.75, 3.05) is 38.7 Å². The van der Waals surface area contributed by atoms with Crippen LogP contribution in [0.2, 0.25) is 5.02 Å². The fraction of sp³-hybridized carbons (Fsp3) is 0.345. The average molecular weight is 549 g/mol. The molecule has 1 aliphatic rings. The van der Waals surface area contributed by atoms with Crippen molar-refractivity contribution in [3.8, 4) is 22.9 Å². The standard InChI is InChI=1S/C29H33ClN6O3/c1-3-38-22-8-4-19(5-9-22)17-36-14-12-21(13-15-36)33-26-24(30)16-32-29-27(26)34-28(35-29)20-6-10-23(11-7-20)39-18-25(37)31-2/h4-11,16,21H,3,12-15,17-18H2,1-2H3,(H,31,37)(H2,32,33,34,35). The van der Waals surface area contributed by atoms with Crippen LogP contribution in [0.4, 0.5) is 5.69 Å². The van der Waals surface area contributed by atoms with Crippen LogP contribution < -0.4 is 20.1 Å². The zero-order valence-electron chi connectivity index (χ0n) is 22.2. The summed E-state index contributed by atoms with van der Waals surface area (Å²) in [7, 11) is 1.58. The van der Waals surface area contributed by atoms with Gasteiger partial charge in [-0.25, -0.2) is 9.97 Å². The van der Waals surface area contributed by atoms with E-state index in [-0.39, 0.29) is 12.5 Å². The summed E-state index contributed by atoms with van der Waals surface area (Å²) in [5, 5.41) is 6.76. The minimum Gasteiger partial charge on any atom is -0.494 e. The fourth-order valence-corrected chi connectivity index (χ4v) is 4.89. The topological polar surface area (TPSA) is 104 Å². The third-order valence-electron chi connectivity index (χ3n) is 6.83. The summed E-state index contributed by atoms with van der Waals surface area (Å²) in [5.74, 6) is 2.02. The molecule has 5 rings (SSSR count). The van der Waals surface area contributed by atoms with Gasteiger partial charge in [0.1, 0.15) is 22.8 Å². The van der Waals surface area contributed by atoms with E-state index in [4.69, 9.17) is 21.1 Å². The lowest BCUT2D eigenvalue weighted by atomic mass is 10.0. The Bertz CT molecular complexity index is 1400. The van der Waals surface area contributed by atoms with Gasteiger partial charge in [-0.1, -0.05) is 23.7 Å². The quantitative estimate of drug-likeness (QED) is 0.259. The lowest BCUT2D eigenvalue weighted by Gasteiger charge is -2.33. The summed E-state index contributed by atoms with van der Waals surface area (Å²) in [6.07, 6.45) is 3.67. The number of hydrogen-bond donors (Lipinski definition) is 3. The second-order valence-corrected chi connectivity index (χ2v) is 9.93.